The number of benzene rings is 1. The van der Waals surface area contributed by atoms with Gasteiger partial charge in [0, 0.05) is 26.0 Å². The highest BCUT2D eigenvalue weighted by Gasteiger charge is 2.37. The molecule has 0 bridgehead atoms. The molecule has 0 radical (unpaired) electrons. The molecule has 2 rings (SSSR count). The van der Waals surface area contributed by atoms with E-state index < -0.39 is 134 Å². The van der Waals surface area contributed by atoms with Crippen LogP contribution < -0.4 is 31.9 Å². The largest absolute Gasteiger partial charge is 0.508 e. The standard InChI is InChI=1S/C48H77N7O13/c1-9-10-11-12-13-14-15-16-38(60)50-35(26-57)44(63)54-42(29(4)5)46(65)51-34(25-56)37(59)24-40(62)53-41(28(2)3)45(64)49-32-19-22-39(61)52-43(30(6)7)47(66)55(8)36(48(67)68-27-32)23-31-17-20-33(58)21-18-31/h17-22,28-30,32,34-37,41-43,56-59H,9-16,23-27H2,1-8H3,(H,49,64)(H,50,60)(H,51,65)(H,52,61)(H,53,62)(H,54,63)/b22-19+/t32-,34+,35+,36+,37+,41+,42+,43+/m1/s1. The highest BCUT2D eigenvalue weighted by molar-refractivity contribution is 5.95. The number of nitrogens with one attached hydrogen (secondary N) is 6. The van der Waals surface area contributed by atoms with Gasteiger partial charge in [-0.05, 0) is 41.9 Å². The number of ether oxygens (including phenoxy) is 1. The van der Waals surface area contributed by atoms with Crippen LogP contribution in [0.5, 0.6) is 5.75 Å². The molecule has 0 aromatic heterocycles. The van der Waals surface area contributed by atoms with Crippen molar-refractivity contribution in [2.75, 3.05) is 26.9 Å². The van der Waals surface area contributed by atoms with Gasteiger partial charge < -0.3 is 62.0 Å². The first-order chi connectivity index (χ1) is 32.1. The van der Waals surface area contributed by atoms with Crippen molar-refractivity contribution in [1.82, 2.24) is 36.8 Å². The number of carbonyl (C=O) groups excluding carboxylic acids is 8. The number of hydrogen-bond acceptors (Lipinski definition) is 13. The molecule has 10 N–H and O–H groups in total. The minimum atomic E-state index is -1.68. The maximum Gasteiger partial charge on any atom is 0.329 e. The fraction of sp³-hybridized carbons (Fsp3) is 0.667. The molecule has 0 fully saturated rings. The van der Waals surface area contributed by atoms with Crippen LogP contribution in [0.25, 0.3) is 0 Å². The molecule has 1 heterocycles. The number of unbranched alkanes of at least 4 members (excludes halogenated alkanes) is 6. The molecule has 0 saturated carbocycles. The summed E-state index contributed by atoms with van der Waals surface area (Å²) in [4.78, 5) is 108. The van der Waals surface area contributed by atoms with Gasteiger partial charge in [-0.2, -0.15) is 0 Å². The SMILES string of the molecule is CCCCCCCCCC(=O)N[C@@H](CO)C(=O)N[C@H](C(=O)N[C@@H](CO)[C@@H](O)CC(=O)N[C@H](C(=O)N[C@@H]1/C=C/C(=O)N[C@@H](C(C)C)C(=O)N(C)[C@@H](Cc2ccc(O)cc2)C(=O)OC1)C(C)C)C(C)C. The summed E-state index contributed by atoms with van der Waals surface area (Å²) in [6, 6.07) is -2.45. The molecule has 1 aromatic carbocycles. The maximum absolute atomic E-state index is 13.8. The summed E-state index contributed by atoms with van der Waals surface area (Å²) < 4.78 is 5.63. The van der Waals surface area contributed by atoms with Crippen LogP contribution in [0.3, 0.4) is 0 Å². The summed E-state index contributed by atoms with van der Waals surface area (Å²) in [5.41, 5.74) is 0.604. The van der Waals surface area contributed by atoms with Crippen LogP contribution in [0.1, 0.15) is 112 Å². The van der Waals surface area contributed by atoms with E-state index in [9.17, 15) is 58.8 Å². The average Bonchev–Trinajstić information content (AvgIpc) is 3.28. The predicted molar refractivity (Wildman–Crippen MR) is 252 cm³/mol. The smallest absolute Gasteiger partial charge is 0.329 e. The van der Waals surface area contributed by atoms with Gasteiger partial charge in [0.2, 0.25) is 41.4 Å². The minimum absolute atomic E-state index is 0.00138. The third-order valence-corrected chi connectivity index (χ3v) is 11.6. The van der Waals surface area contributed by atoms with Gasteiger partial charge in [0.05, 0.1) is 37.8 Å². The average molecular weight is 960 g/mol. The van der Waals surface area contributed by atoms with E-state index >= 15 is 0 Å². The second-order valence-corrected chi connectivity index (χ2v) is 18.4. The Kier molecular flexibility index (Phi) is 25.8. The molecule has 0 aliphatic carbocycles. The molecule has 1 aromatic rings. The fourth-order valence-electron chi connectivity index (χ4n) is 7.34. The van der Waals surface area contributed by atoms with E-state index in [0.29, 0.717) is 12.0 Å². The highest BCUT2D eigenvalue weighted by Crippen LogP contribution is 2.18. The molecule has 0 unspecified atom stereocenters. The first-order valence-corrected chi connectivity index (χ1v) is 23.7. The zero-order valence-corrected chi connectivity index (χ0v) is 40.9. The summed E-state index contributed by atoms with van der Waals surface area (Å²) >= 11 is 0. The van der Waals surface area contributed by atoms with E-state index in [2.05, 4.69) is 38.8 Å². The van der Waals surface area contributed by atoms with E-state index in [1.54, 1.807) is 53.7 Å². The lowest BCUT2D eigenvalue weighted by Crippen LogP contribution is -2.59. The molecule has 20 heteroatoms. The van der Waals surface area contributed by atoms with Crippen LogP contribution in [0.4, 0.5) is 0 Å². The number of phenols is 1. The molecule has 20 nitrogen and oxygen atoms in total. The van der Waals surface area contributed by atoms with Gasteiger partial charge in [0.25, 0.3) is 0 Å². The molecule has 0 spiro atoms. The molecule has 8 atom stereocenters. The number of aliphatic hydroxyl groups is 3. The molecule has 1 aliphatic heterocycles. The molecule has 0 saturated heterocycles. The second-order valence-electron chi connectivity index (χ2n) is 18.4. The van der Waals surface area contributed by atoms with Crippen molar-refractivity contribution < 1.29 is 63.5 Å². The van der Waals surface area contributed by atoms with Crippen molar-refractivity contribution in [3.8, 4) is 5.75 Å². The molecular formula is C48H77N7O13. The van der Waals surface area contributed by atoms with Crippen molar-refractivity contribution in [3.63, 3.8) is 0 Å². The lowest BCUT2D eigenvalue weighted by molar-refractivity contribution is -0.156. The fourth-order valence-corrected chi connectivity index (χ4v) is 7.34. The third-order valence-electron chi connectivity index (χ3n) is 11.6. The van der Waals surface area contributed by atoms with E-state index in [-0.39, 0.29) is 24.5 Å². The maximum atomic E-state index is 13.8. The van der Waals surface area contributed by atoms with Crippen molar-refractivity contribution in [2.45, 2.75) is 161 Å². The van der Waals surface area contributed by atoms with E-state index in [1.165, 1.54) is 30.2 Å². The quantitative estimate of drug-likeness (QED) is 0.0451. The van der Waals surface area contributed by atoms with Crippen LogP contribution in [0.15, 0.2) is 36.4 Å². The van der Waals surface area contributed by atoms with Crippen LogP contribution in [0.2, 0.25) is 0 Å². The number of likely N-dealkylation sites (N-methyl/N-ethyl adjacent to an activating group) is 1. The number of phenolic OH excluding ortho intramolecular Hbond substituents is 1. The van der Waals surface area contributed by atoms with E-state index in [4.69, 9.17) is 4.74 Å². The van der Waals surface area contributed by atoms with Crippen LogP contribution in [-0.2, 0) is 49.5 Å². The number of cyclic esters (lactones) is 1. The van der Waals surface area contributed by atoms with Crippen LogP contribution in [0, 0.1) is 17.8 Å². The molecule has 7 amide bonds. The van der Waals surface area contributed by atoms with Gasteiger partial charge in [0.1, 0.15) is 42.6 Å². The summed E-state index contributed by atoms with van der Waals surface area (Å²) in [5, 5.41) is 56.2. The number of aromatic hydroxyl groups is 1. The minimum Gasteiger partial charge on any atom is -0.508 e. The van der Waals surface area contributed by atoms with Crippen molar-refractivity contribution >= 4 is 47.3 Å². The number of carbonyl (C=O) groups is 8. The Bertz CT molecular complexity index is 1840. The Hall–Kier alpha value is -5.60. The number of aliphatic hydroxyl groups excluding tert-OH is 3. The van der Waals surface area contributed by atoms with Crippen molar-refractivity contribution in [1.29, 1.82) is 0 Å². The zero-order chi connectivity index (χ0) is 51.1. The number of hydrogen-bond donors (Lipinski definition) is 10. The Labute approximate surface area is 400 Å². The Morgan fingerprint density at radius 3 is 1.96 bits per heavy atom. The van der Waals surface area contributed by atoms with Gasteiger partial charge in [-0.1, -0.05) is 105 Å². The summed E-state index contributed by atoms with van der Waals surface area (Å²) in [7, 11) is 1.42. The summed E-state index contributed by atoms with van der Waals surface area (Å²) in [6.45, 7) is 10.1. The Morgan fingerprint density at radius 2 is 1.38 bits per heavy atom. The van der Waals surface area contributed by atoms with Gasteiger partial charge in [-0.15, -0.1) is 0 Å². The summed E-state index contributed by atoms with van der Waals surface area (Å²) in [6.07, 6.45) is 7.15. The van der Waals surface area contributed by atoms with Gasteiger partial charge in [-0.3, -0.25) is 33.6 Å². The van der Waals surface area contributed by atoms with Crippen molar-refractivity contribution in [3.05, 3.63) is 42.0 Å². The number of amides is 7. The predicted octanol–water partition coefficient (Wildman–Crippen LogP) is 0.628. The zero-order valence-electron chi connectivity index (χ0n) is 40.9. The third kappa shape index (κ3) is 19.9. The highest BCUT2D eigenvalue weighted by atomic mass is 16.5. The lowest BCUT2D eigenvalue weighted by Gasteiger charge is -2.32. The molecule has 68 heavy (non-hydrogen) atoms. The van der Waals surface area contributed by atoms with Crippen LogP contribution in [-0.4, -0.2) is 148 Å². The van der Waals surface area contributed by atoms with Crippen molar-refractivity contribution in [2.24, 2.45) is 17.8 Å². The topological polar surface area (TPSA) is 302 Å². The first-order valence-electron chi connectivity index (χ1n) is 23.7. The molecular weight excluding hydrogens is 883 g/mol. The molecule has 1 aliphatic rings. The van der Waals surface area contributed by atoms with E-state index in [1.807, 2.05) is 0 Å². The van der Waals surface area contributed by atoms with Crippen LogP contribution >= 0.6 is 0 Å². The number of rotatable bonds is 26. The summed E-state index contributed by atoms with van der Waals surface area (Å²) in [5.74, 6) is -7.10. The normalized spacial score (nSPS) is 19.6. The van der Waals surface area contributed by atoms with E-state index in [0.717, 1.165) is 44.6 Å². The van der Waals surface area contributed by atoms with Gasteiger partial charge in [-0.25, -0.2) is 4.79 Å². The van der Waals surface area contributed by atoms with Gasteiger partial charge >= 0.3 is 5.97 Å². The first kappa shape index (κ1) is 58.5. The monoisotopic (exact) mass is 960 g/mol. The Morgan fingerprint density at radius 1 is 0.779 bits per heavy atom. The number of nitrogens with zero attached hydrogens (tertiary/aromatic N) is 1. The molecule has 382 valence electrons. The lowest BCUT2D eigenvalue weighted by atomic mass is 9.99. The van der Waals surface area contributed by atoms with Gasteiger partial charge in [0.15, 0.2) is 0 Å². The number of esters is 1. The second kappa shape index (κ2) is 30.0. The Balaban J connectivity index is 2.13.